The van der Waals surface area contributed by atoms with Crippen LogP contribution >= 0.6 is 11.6 Å². The summed E-state index contributed by atoms with van der Waals surface area (Å²) in [4.78, 5) is 0.343. The van der Waals surface area contributed by atoms with Gasteiger partial charge >= 0.3 is 0 Å². The third kappa shape index (κ3) is 3.00. The quantitative estimate of drug-likeness (QED) is 0.803. The summed E-state index contributed by atoms with van der Waals surface area (Å²) in [6.45, 7) is 3.76. The Bertz CT molecular complexity index is 393. The molecule has 0 amide bonds. The lowest BCUT2D eigenvalue weighted by Crippen LogP contribution is -2.11. The fourth-order valence-corrected chi connectivity index (χ4v) is 2.92. The molecule has 0 fully saturated rings. The smallest absolute Gasteiger partial charge is 0.178 e. The van der Waals surface area contributed by atoms with Crippen molar-refractivity contribution in [1.82, 2.24) is 0 Å². The van der Waals surface area contributed by atoms with E-state index in [-0.39, 0.29) is 11.7 Å². The van der Waals surface area contributed by atoms with E-state index in [0.29, 0.717) is 9.92 Å². The molecule has 0 aromatic heterocycles. The molecule has 78 valence electrons. The first-order valence-electron chi connectivity index (χ1n) is 4.40. The summed E-state index contributed by atoms with van der Waals surface area (Å²) in [6.07, 6.45) is 0. The SMILES string of the molecule is CC(C)CS(=O)(=O)c1ccc(Cl)cc1. The number of halogens is 1. The minimum absolute atomic E-state index is 0.135. The van der Waals surface area contributed by atoms with Crippen molar-refractivity contribution in [1.29, 1.82) is 0 Å². The number of rotatable bonds is 3. The van der Waals surface area contributed by atoms with Crippen LogP contribution in [0.15, 0.2) is 29.2 Å². The van der Waals surface area contributed by atoms with Crippen LogP contribution in [0.2, 0.25) is 5.02 Å². The monoisotopic (exact) mass is 232 g/mol. The Morgan fingerprint density at radius 2 is 1.71 bits per heavy atom. The third-order valence-electron chi connectivity index (χ3n) is 1.73. The van der Waals surface area contributed by atoms with Crippen LogP contribution < -0.4 is 0 Å². The van der Waals surface area contributed by atoms with Crippen molar-refractivity contribution in [2.75, 3.05) is 5.75 Å². The molecular formula is C10H13ClO2S. The van der Waals surface area contributed by atoms with Gasteiger partial charge in [0.15, 0.2) is 9.84 Å². The van der Waals surface area contributed by atoms with Gasteiger partial charge in [-0.3, -0.25) is 0 Å². The van der Waals surface area contributed by atoms with Gasteiger partial charge in [-0.15, -0.1) is 0 Å². The van der Waals surface area contributed by atoms with E-state index in [2.05, 4.69) is 0 Å². The summed E-state index contributed by atoms with van der Waals surface area (Å²) in [7, 11) is -3.13. The molecule has 4 heteroatoms. The molecule has 0 N–H and O–H groups in total. The molecule has 1 rings (SSSR count). The fourth-order valence-electron chi connectivity index (χ4n) is 1.18. The van der Waals surface area contributed by atoms with Crippen LogP contribution in [-0.4, -0.2) is 14.2 Å². The third-order valence-corrected chi connectivity index (χ3v) is 4.07. The summed E-state index contributed by atoms with van der Waals surface area (Å²) in [6, 6.07) is 6.27. The predicted octanol–water partition coefficient (Wildman–Crippen LogP) is 2.77. The summed E-state index contributed by atoms with van der Waals surface area (Å²) >= 11 is 5.67. The van der Waals surface area contributed by atoms with Crippen LogP contribution in [0.4, 0.5) is 0 Å². The second kappa shape index (κ2) is 4.32. The van der Waals surface area contributed by atoms with E-state index in [4.69, 9.17) is 11.6 Å². The average molecular weight is 233 g/mol. The molecule has 0 radical (unpaired) electrons. The first-order valence-corrected chi connectivity index (χ1v) is 6.43. The molecule has 0 aliphatic heterocycles. The highest BCUT2D eigenvalue weighted by Crippen LogP contribution is 2.17. The maximum atomic E-state index is 11.7. The molecule has 2 nitrogen and oxygen atoms in total. The van der Waals surface area contributed by atoms with Crippen LogP contribution in [0.1, 0.15) is 13.8 Å². The summed E-state index contributed by atoms with van der Waals surface area (Å²) in [5.74, 6) is 0.310. The van der Waals surface area contributed by atoms with E-state index >= 15 is 0 Å². The zero-order chi connectivity index (χ0) is 10.8. The predicted molar refractivity (Wildman–Crippen MR) is 58.3 cm³/mol. The first-order chi connectivity index (χ1) is 6.42. The van der Waals surface area contributed by atoms with E-state index in [9.17, 15) is 8.42 Å². The highest BCUT2D eigenvalue weighted by atomic mass is 35.5. The fraction of sp³-hybridized carbons (Fsp3) is 0.400. The topological polar surface area (TPSA) is 34.1 Å². The van der Waals surface area contributed by atoms with E-state index < -0.39 is 9.84 Å². The van der Waals surface area contributed by atoms with Crippen LogP contribution in [0.5, 0.6) is 0 Å². The number of hydrogen-bond acceptors (Lipinski definition) is 2. The molecule has 0 saturated heterocycles. The van der Waals surface area contributed by atoms with Gasteiger partial charge in [-0.25, -0.2) is 8.42 Å². The van der Waals surface area contributed by atoms with Gasteiger partial charge in [0.05, 0.1) is 10.6 Å². The minimum atomic E-state index is -3.13. The van der Waals surface area contributed by atoms with Gasteiger partial charge in [0.1, 0.15) is 0 Å². The molecule has 0 atom stereocenters. The Morgan fingerprint density at radius 1 is 1.21 bits per heavy atom. The van der Waals surface area contributed by atoms with Crippen molar-refractivity contribution in [2.45, 2.75) is 18.7 Å². The van der Waals surface area contributed by atoms with E-state index in [1.165, 1.54) is 0 Å². The maximum Gasteiger partial charge on any atom is 0.178 e. The lowest BCUT2D eigenvalue weighted by molar-refractivity contribution is 0.582. The van der Waals surface area contributed by atoms with Crippen LogP contribution in [0, 0.1) is 5.92 Å². The zero-order valence-electron chi connectivity index (χ0n) is 8.20. The lowest BCUT2D eigenvalue weighted by atomic mass is 10.3. The van der Waals surface area contributed by atoms with Crippen molar-refractivity contribution in [3.05, 3.63) is 29.3 Å². The lowest BCUT2D eigenvalue weighted by Gasteiger charge is -2.06. The number of benzene rings is 1. The van der Waals surface area contributed by atoms with Crippen molar-refractivity contribution in [3.63, 3.8) is 0 Å². The molecule has 0 heterocycles. The molecule has 1 aromatic rings. The Hall–Kier alpha value is -0.540. The molecule has 0 spiro atoms. The number of sulfone groups is 1. The molecule has 0 bridgehead atoms. The second-order valence-electron chi connectivity index (χ2n) is 3.63. The van der Waals surface area contributed by atoms with Gasteiger partial charge < -0.3 is 0 Å². The molecule has 0 aliphatic carbocycles. The highest BCUT2D eigenvalue weighted by Gasteiger charge is 2.15. The first kappa shape index (κ1) is 11.5. The minimum Gasteiger partial charge on any atom is -0.224 e. The van der Waals surface area contributed by atoms with Gasteiger partial charge in [-0.2, -0.15) is 0 Å². The summed E-state index contributed by atoms with van der Waals surface area (Å²) in [5, 5.41) is 0.550. The molecule has 0 saturated carbocycles. The maximum absolute atomic E-state index is 11.7. The summed E-state index contributed by atoms with van der Waals surface area (Å²) < 4.78 is 23.4. The number of hydrogen-bond donors (Lipinski definition) is 0. The standard InChI is InChI=1S/C10H13ClO2S/c1-8(2)7-14(12,13)10-5-3-9(11)4-6-10/h3-6,8H,7H2,1-2H3. The van der Waals surface area contributed by atoms with Gasteiger partial charge in [-0.05, 0) is 30.2 Å². The zero-order valence-corrected chi connectivity index (χ0v) is 9.77. The van der Waals surface area contributed by atoms with Gasteiger partial charge in [0, 0.05) is 5.02 Å². The van der Waals surface area contributed by atoms with Crippen LogP contribution in [0.3, 0.4) is 0 Å². The molecule has 1 aromatic carbocycles. The van der Waals surface area contributed by atoms with Gasteiger partial charge in [-0.1, -0.05) is 25.4 Å². The van der Waals surface area contributed by atoms with Crippen molar-refractivity contribution in [3.8, 4) is 0 Å². The molecule has 0 unspecified atom stereocenters. The van der Waals surface area contributed by atoms with Gasteiger partial charge in [0.25, 0.3) is 0 Å². The van der Waals surface area contributed by atoms with Crippen LogP contribution in [-0.2, 0) is 9.84 Å². The van der Waals surface area contributed by atoms with E-state index in [1.807, 2.05) is 13.8 Å². The normalized spacial score (nSPS) is 12.0. The Balaban J connectivity index is 2.99. The summed E-state index contributed by atoms with van der Waals surface area (Å²) in [5.41, 5.74) is 0. The van der Waals surface area contributed by atoms with Crippen molar-refractivity contribution < 1.29 is 8.42 Å². The van der Waals surface area contributed by atoms with Crippen molar-refractivity contribution in [2.24, 2.45) is 5.92 Å². The Morgan fingerprint density at radius 3 is 2.14 bits per heavy atom. The Kier molecular flexibility index (Phi) is 3.56. The average Bonchev–Trinajstić information content (AvgIpc) is 2.02. The van der Waals surface area contributed by atoms with E-state index in [0.717, 1.165) is 0 Å². The van der Waals surface area contributed by atoms with E-state index in [1.54, 1.807) is 24.3 Å². The largest absolute Gasteiger partial charge is 0.224 e. The molecule has 14 heavy (non-hydrogen) atoms. The second-order valence-corrected chi connectivity index (χ2v) is 6.10. The van der Waals surface area contributed by atoms with Crippen molar-refractivity contribution >= 4 is 21.4 Å². The van der Waals surface area contributed by atoms with Gasteiger partial charge in [0.2, 0.25) is 0 Å². The molecular weight excluding hydrogens is 220 g/mol. The van der Waals surface area contributed by atoms with Crippen LogP contribution in [0.25, 0.3) is 0 Å². The molecule has 0 aliphatic rings. The Labute approximate surface area is 89.8 Å². The highest BCUT2D eigenvalue weighted by molar-refractivity contribution is 7.91.